The van der Waals surface area contributed by atoms with Gasteiger partial charge in [0.2, 0.25) is 0 Å². The van der Waals surface area contributed by atoms with Gasteiger partial charge in [-0.25, -0.2) is 5.43 Å². The number of benzene rings is 2. The number of carbonyl (C=O) groups excluding carboxylic acids is 1. The minimum absolute atomic E-state index is 0.0261. The minimum atomic E-state index is -0.274. The number of ether oxygens (including phenoxy) is 1. The first kappa shape index (κ1) is 21.4. The molecule has 2 aromatic rings. The second-order valence-electron chi connectivity index (χ2n) is 7.81. The lowest BCUT2D eigenvalue weighted by atomic mass is 9.87. The van der Waals surface area contributed by atoms with Gasteiger partial charge in [-0.1, -0.05) is 6.08 Å². The number of likely N-dealkylation sites (N-methyl/N-ethyl adjacent to an activating group) is 1. The summed E-state index contributed by atoms with van der Waals surface area (Å²) in [4.78, 5) is 14.7. The lowest BCUT2D eigenvalue weighted by molar-refractivity contribution is 0.0954. The van der Waals surface area contributed by atoms with E-state index in [9.17, 15) is 4.79 Å². The Kier molecular flexibility index (Phi) is 6.03. The van der Waals surface area contributed by atoms with Crippen LogP contribution in [0.25, 0.3) is 5.57 Å². The van der Waals surface area contributed by atoms with Crippen molar-refractivity contribution in [2.24, 2.45) is 5.10 Å². The van der Waals surface area contributed by atoms with Crippen LogP contribution in [-0.2, 0) is 0 Å². The largest absolute Gasteiger partial charge is 0.496 e. The predicted molar refractivity (Wildman–Crippen MR) is 128 cm³/mol. The summed E-state index contributed by atoms with van der Waals surface area (Å²) in [5, 5.41) is 4.18. The Balaban J connectivity index is 1.82. The fourth-order valence-electron chi connectivity index (χ4n) is 3.48. The predicted octanol–water partition coefficient (Wildman–Crippen LogP) is 5.00. The number of fused-ring (bicyclic) bond motifs is 1. The summed E-state index contributed by atoms with van der Waals surface area (Å²) in [5.74, 6) is 0.395. The van der Waals surface area contributed by atoms with Crippen molar-refractivity contribution in [2.75, 3.05) is 19.1 Å². The molecule has 1 aliphatic rings. The number of hydrazone groups is 1. The van der Waals surface area contributed by atoms with Crippen LogP contribution in [0.2, 0.25) is 0 Å². The first-order valence-electron chi connectivity index (χ1n) is 9.39. The zero-order chi connectivity index (χ0) is 21.3. The van der Waals surface area contributed by atoms with Crippen molar-refractivity contribution in [2.45, 2.75) is 33.2 Å². The van der Waals surface area contributed by atoms with Crippen molar-refractivity contribution in [1.82, 2.24) is 5.43 Å². The quantitative estimate of drug-likeness (QED) is 0.363. The molecule has 0 bridgehead atoms. The number of hydrogen-bond acceptors (Lipinski definition) is 4. The zero-order valence-corrected chi connectivity index (χ0v) is 19.8. The van der Waals surface area contributed by atoms with E-state index in [1.807, 2.05) is 6.07 Å². The maximum absolute atomic E-state index is 12.4. The number of aryl methyl sites for hydroxylation is 1. The van der Waals surface area contributed by atoms with Gasteiger partial charge in [0.05, 0.1) is 22.4 Å². The summed E-state index contributed by atoms with van der Waals surface area (Å²) in [7, 11) is 3.70. The van der Waals surface area contributed by atoms with Gasteiger partial charge in [-0.15, -0.1) is 0 Å². The first-order chi connectivity index (χ1) is 13.6. The van der Waals surface area contributed by atoms with E-state index >= 15 is 0 Å². The third-order valence-electron chi connectivity index (χ3n) is 5.39. The molecule has 0 aromatic heterocycles. The number of amides is 1. The van der Waals surface area contributed by atoms with Crippen molar-refractivity contribution in [3.63, 3.8) is 0 Å². The number of nitrogens with one attached hydrogen (secondary N) is 1. The van der Waals surface area contributed by atoms with Gasteiger partial charge in [0.25, 0.3) is 5.91 Å². The van der Waals surface area contributed by atoms with E-state index < -0.39 is 0 Å². The monoisotopic (exact) mass is 503 g/mol. The van der Waals surface area contributed by atoms with Crippen LogP contribution in [0.1, 0.15) is 47.8 Å². The molecule has 152 valence electrons. The van der Waals surface area contributed by atoms with Crippen molar-refractivity contribution in [3.8, 4) is 5.75 Å². The minimum Gasteiger partial charge on any atom is -0.496 e. The molecular weight excluding hydrogens is 477 g/mol. The van der Waals surface area contributed by atoms with Gasteiger partial charge in [-0.2, -0.15) is 5.10 Å². The number of anilines is 1. The number of allylic oxidation sites excluding steroid dienone is 1. The highest BCUT2D eigenvalue weighted by molar-refractivity contribution is 14.1. The third-order valence-corrected chi connectivity index (χ3v) is 6.28. The number of nitrogens with zero attached hydrogens (tertiary/aromatic N) is 2. The normalized spacial score (nSPS) is 15.1. The van der Waals surface area contributed by atoms with Gasteiger partial charge in [-0.05, 0) is 97.3 Å². The number of methoxy groups -OCH3 is 1. The summed E-state index contributed by atoms with van der Waals surface area (Å²) in [5.41, 5.74) is 8.81. The lowest BCUT2D eigenvalue weighted by Crippen LogP contribution is -2.42. The standard InChI is InChI=1S/C23H26IN3O2/c1-14-9-20-18(15(2)12-23(3,4)27(20)5)10-17(14)13-25-26-22(28)16-7-8-19(24)21(11-16)29-6/h7-13H,1-6H3,(H,26,28)/b25-13-. The average molecular weight is 503 g/mol. The van der Waals surface area contributed by atoms with Crippen molar-refractivity contribution >= 4 is 46.0 Å². The summed E-state index contributed by atoms with van der Waals surface area (Å²) in [6.45, 7) is 8.61. The molecular formula is C23H26IN3O2. The molecule has 29 heavy (non-hydrogen) atoms. The second-order valence-corrected chi connectivity index (χ2v) is 8.98. The Bertz CT molecular complexity index is 1030. The van der Waals surface area contributed by atoms with Crippen molar-refractivity contribution in [3.05, 3.63) is 62.2 Å². The van der Waals surface area contributed by atoms with Gasteiger partial charge >= 0.3 is 0 Å². The fraction of sp³-hybridized carbons (Fsp3) is 0.304. The van der Waals surface area contributed by atoms with E-state index in [1.54, 1.807) is 25.5 Å². The fourth-order valence-corrected chi connectivity index (χ4v) is 4.04. The summed E-state index contributed by atoms with van der Waals surface area (Å²) in [6.07, 6.45) is 3.97. The molecule has 5 nitrogen and oxygen atoms in total. The Labute approximate surface area is 186 Å². The first-order valence-corrected chi connectivity index (χ1v) is 10.5. The molecule has 0 unspecified atom stereocenters. The van der Waals surface area contributed by atoms with Gasteiger partial charge in [0, 0.05) is 23.9 Å². The van der Waals surface area contributed by atoms with E-state index in [0.29, 0.717) is 11.3 Å². The van der Waals surface area contributed by atoms with Crippen LogP contribution in [0.15, 0.2) is 41.5 Å². The maximum atomic E-state index is 12.4. The van der Waals surface area contributed by atoms with Gasteiger partial charge in [0.15, 0.2) is 0 Å². The van der Waals surface area contributed by atoms with E-state index in [1.165, 1.54) is 16.8 Å². The Morgan fingerprint density at radius 2 is 1.97 bits per heavy atom. The molecule has 1 heterocycles. The van der Waals surface area contributed by atoms with Crippen LogP contribution < -0.4 is 15.1 Å². The van der Waals surface area contributed by atoms with Crippen molar-refractivity contribution in [1.29, 1.82) is 0 Å². The number of rotatable bonds is 4. The lowest BCUT2D eigenvalue weighted by Gasteiger charge is -2.41. The van der Waals surface area contributed by atoms with Crippen LogP contribution >= 0.6 is 22.6 Å². The number of carbonyl (C=O) groups is 1. The third kappa shape index (κ3) is 4.32. The van der Waals surface area contributed by atoms with Gasteiger partial charge < -0.3 is 9.64 Å². The topological polar surface area (TPSA) is 53.9 Å². The maximum Gasteiger partial charge on any atom is 0.271 e. The van der Waals surface area contributed by atoms with Crippen LogP contribution in [0, 0.1) is 10.5 Å². The molecule has 1 aliphatic heterocycles. The molecule has 0 atom stereocenters. The summed E-state index contributed by atoms with van der Waals surface area (Å²) in [6, 6.07) is 9.62. The Morgan fingerprint density at radius 3 is 2.66 bits per heavy atom. The van der Waals surface area contributed by atoms with Crippen LogP contribution in [-0.4, -0.2) is 31.8 Å². The van der Waals surface area contributed by atoms with Gasteiger partial charge in [-0.3, -0.25) is 4.79 Å². The van der Waals surface area contributed by atoms with E-state index in [-0.39, 0.29) is 11.4 Å². The smallest absolute Gasteiger partial charge is 0.271 e. The molecule has 0 saturated carbocycles. The van der Waals surface area contributed by atoms with E-state index in [4.69, 9.17) is 4.74 Å². The average Bonchev–Trinajstić information content (AvgIpc) is 2.67. The SMILES string of the molecule is COc1cc(C(=O)N/N=C\c2cc3c(cc2C)N(C)C(C)(C)C=C3C)ccc1I. The molecule has 2 aromatic carbocycles. The number of hydrogen-bond donors (Lipinski definition) is 1. The van der Waals surface area contributed by atoms with Crippen LogP contribution in [0.5, 0.6) is 5.75 Å². The molecule has 0 radical (unpaired) electrons. The zero-order valence-electron chi connectivity index (χ0n) is 17.6. The number of halogens is 1. The summed E-state index contributed by atoms with van der Waals surface area (Å²) < 4.78 is 6.23. The van der Waals surface area contributed by atoms with Crippen LogP contribution in [0.4, 0.5) is 5.69 Å². The molecule has 1 N–H and O–H groups in total. The molecule has 1 amide bonds. The molecule has 3 rings (SSSR count). The highest BCUT2D eigenvalue weighted by Gasteiger charge is 2.28. The highest BCUT2D eigenvalue weighted by Crippen LogP contribution is 2.38. The van der Waals surface area contributed by atoms with Gasteiger partial charge in [0.1, 0.15) is 5.75 Å². The Hall–Kier alpha value is -2.35. The summed E-state index contributed by atoms with van der Waals surface area (Å²) >= 11 is 2.17. The van der Waals surface area contributed by atoms with Crippen molar-refractivity contribution < 1.29 is 9.53 Å². The second kappa shape index (κ2) is 8.18. The van der Waals surface area contributed by atoms with Crippen LogP contribution in [0.3, 0.4) is 0 Å². The van der Waals surface area contributed by atoms with E-state index in [2.05, 4.69) is 91.0 Å². The Morgan fingerprint density at radius 1 is 1.24 bits per heavy atom. The molecule has 0 saturated heterocycles. The molecule has 6 heteroatoms. The molecule has 0 aliphatic carbocycles. The highest BCUT2D eigenvalue weighted by atomic mass is 127. The van der Waals surface area contributed by atoms with E-state index in [0.717, 1.165) is 14.7 Å². The molecule has 0 spiro atoms. The molecule has 0 fully saturated rings.